The molecule has 0 aliphatic heterocycles. The molecule has 0 aromatic carbocycles. The Morgan fingerprint density at radius 2 is 2.30 bits per heavy atom. The van der Waals surface area contributed by atoms with Crippen molar-refractivity contribution in [1.29, 1.82) is 0 Å². The average molecular weight is 312 g/mol. The molecule has 0 aliphatic carbocycles. The lowest BCUT2D eigenvalue weighted by atomic mass is 10.3. The number of carbonyl (C=O) groups excluding carboxylic acids is 1. The van der Waals surface area contributed by atoms with Gasteiger partial charge >= 0.3 is 5.97 Å². The van der Waals surface area contributed by atoms with E-state index in [1.807, 2.05) is 25.4 Å². The van der Waals surface area contributed by atoms with Gasteiger partial charge in [0.2, 0.25) is 0 Å². The zero-order valence-corrected chi connectivity index (χ0v) is 12.7. The molecule has 106 valence electrons. The molecule has 2 rings (SSSR count). The van der Waals surface area contributed by atoms with Crippen LogP contribution in [0.2, 0.25) is 5.02 Å². The normalized spacial score (nSPS) is 10.6. The number of hydrogen-bond donors (Lipinski definition) is 0. The van der Waals surface area contributed by atoms with Crippen molar-refractivity contribution >= 4 is 29.3 Å². The third-order valence-corrected chi connectivity index (χ3v) is 4.16. The molecule has 0 amide bonds. The molecule has 0 atom stereocenters. The molecule has 2 aromatic heterocycles. The Morgan fingerprint density at radius 3 is 2.95 bits per heavy atom. The van der Waals surface area contributed by atoms with Gasteiger partial charge in [-0.2, -0.15) is 5.10 Å². The van der Waals surface area contributed by atoms with Crippen LogP contribution >= 0.6 is 23.4 Å². The third kappa shape index (κ3) is 3.52. The van der Waals surface area contributed by atoms with Crippen LogP contribution in [0.15, 0.2) is 29.4 Å². The van der Waals surface area contributed by atoms with Crippen LogP contribution in [-0.2, 0) is 16.6 Å². The quantitative estimate of drug-likeness (QED) is 0.628. The number of halogens is 1. The lowest BCUT2D eigenvalue weighted by molar-refractivity contribution is -0.140. The van der Waals surface area contributed by atoms with E-state index in [9.17, 15) is 4.79 Å². The van der Waals surface area contributed by atoms with Crippen LogP contribution in [0.5, 0.6) is 0 Å². The standard InChI is InChI=1S/C13H14ClN3O2S/c1-17-7-4-9(16-17)13-12(14)10(3-6-15-13)20-8-5-11(18)19-2/h3-4,6-7H,5,8H2,1-2H3. The van der Waals surface area contributed by atoms with Gasteiger partial charge in [0.25, 0.3) is 0 Å². The van der Waals surface area contributed by atoms with E-state index in [4.69, 9.17) is 11.6 Å². The monoisotopic (exact) mass is 311 g/mol. The summed E-state index contributed by atoms with van der Waals surface area (Å²) in [5.74, 6) is 0.380. The molecule has 7 heteroatoms. The maximum absolute atomic E-state index is 11.1. The number of esters is 1. The van der Waals surface area contributed by atoms with Gasteiger partial charge in [-0.25, -0.2) is 0 Å². The lowest BCUT2D eigenvalue weighted by Gasteiger charge is -2.06. The molecule has 0 radical (unpaired) electrons. The third-order valence-electron chi connectivity index (χ3n) is 2.60. The summed E-state index contributed by atoms with van der Waals surface area (Å²) in [6, 6.07) is 3.69. The van der Waals surface area contributed by atoms with Crippen molar-refractivity contribution in [3.05, 3.63) is 29.5 Å². The highest BCUT2D eigenvalue weighted by molar-refractivity contribution is 7.99. The van der Waals surface area contributed by atoms with E-state index in [-0.39, 0.29) is 5.97 Å². The van der Waals surface area contributed by atoms with E-state index in [1.54, 1.807) is 10.9 Å². The smallest absolute Gasteiger partial charge is 0.306 e. The lowest BCUT2D eigenvalue weighted by Crippen LogP contribution is -2.01. The number of hydrogen-bond acceptors (Lipinski definition) is 5. The molecular weight excluding hydrogens is 298 g/mol. The van der Waals surface area contributed by atoms with E-state index in [0.717, 1.165) is 10.6 Å². The summed E-state index contributed by atoms with van der Waals surface area (Å²) in [6.45, 7) is 0. The van der Waals surface area contributed by atoms with Crippen molar-refractivity contribution in [2.75, 3.05) is 12.9 Å². The number of methoxy groups -OCH3 is 1. The van der Waals surface area contributed by atoms with Crippen molar-refractivity contribution < 1.29 is 9.53 Å². The maximum Gasteiger partial charge on any atom is 0.306 e. The Labute approximate surface area is 126 Å². The topological polar surface area (TPSA) is 57.0 Å². The summed E-state index contributed by atoms with van der Waals surface area (Å²) in [7, 11) is 3.22. The fraction of sp³-hybridized carbons (Fsp3) is 0.308. The minimum absolute atomic E-state index is 0.229. The first-order valence-electron chi connectivity index (χ1n) is 5.96. The first-order chi connectivity index (χ1) is 9.61. The maximum atomic E-state index is 11.1. The molecule has 0 N–H and O–H groups in total. The Morgan fingerprint density at radius 1 is 1.50 bits per heavy atom. The van der Waals surface area contributed by atoms with E-state index in [2.05, 4.69) is 14.8 Å². The van der Waals surface area contributed by atoms with E-state index in [1.165, 1.54) is 18.9 Å². The van der Waals surface area contributed by atoms with Gasteiger partial charge < -0.3 is 4.74 Å². The van der Waals surface area contributed by atoms with Gasteiger partial charge in [0.15, 0.2) is 0 Å². The highest BCUT2D eigenvalue weighted by Gasteiger charge is 2.12. The van der Waals surface area contributed by atoms with E-state index >= 15 is 0 Å². The molecule has 20 heavy (non-hydrogen) atoms. The molecule has 0 saturated heterocycles. The number of thioether (sulfide) groups is 1. The highest BCUT2D eigenvalue weighted by atomic mass is 35.5. The van der Waals surface area contributed by atoms with Gasteiger partial charge in [-0.3, -0.25) is 14.5 Å². The first kappa shape index (κ1) is 14.9. The summed E-state index contributed by atoms with van der Waals surface area (Å²) in [4.78, 5) is 16.2. The van der Waals surface area contributed by atoms with Crippen molar-refractivity contribution in [2.24, 2.45) is 7.05 Å². The molecule has 0 aliphatic rings. The summed E-state index contributed by atoms with van der Waals surface area (Å²) < 4.78 is 6.30. The number of ether oxygens (including phenoxy) is 1. The molecule has 5 nitrogen and oxygen atoms in total. The predicted molar refractivity (Wildman–Crippen MR) is 78.8 cm³/mol. The van der Waals surface area contributed by atoms with Crippen LogP contribution < -0.4 is 0 Å². The van der Waals surface area contributed by atoms with Crippen LogP contribution in [0.3, 0.4) is 0 Å². The Balaban J connectivity index is 2.13. The molecule has 0 unspecified atom stereocenters. The largest absolute Gasteiger partial charge is 0.469 e. The number of carbonyl (C=O) groups is 1. The van der Waals surface area contributed by atoms with Gasteiger partial charge in [0.05, 0.1) is 18.6 Å². The second kappa shape index (κ2) is 6.76. The van der Waals surface area contributed by atoms with Crippen LogP contribution in [0.4, 0.5) is 0 Å². The molecule has 2 aromatic rings. The number of pyridine rings is 1. The van der Waals surface area contributed by atoms with Gasteiger partial charge in [0, 0.05) is 30.1 Å². The SMILES string of the molecule is COC(=O)CCSc1ccnc(-c2ccn(C)n2)c1Cl. The molecule has 0 fully saturated rings. The molecule has 0 spiro atoms. The van der Waals surface area contributed by atoms with Crippen molar-refractivity contribution in [3.8, 4) is 11.4 Å². The Bertz CT molecular complexity index is 615. The van der Waals surface area contributed by atoms with Crippen LogP contribution in [0.1, 0.15) is 6.42 Å². The predicted octanol–water partition coefficient (Wildman–Crippen LogP) is 2.79. The minimum atomic E-state index is -0.229. The van der Waals surface area contributed by atoms with Crippen LogP contribution in [0, 0.1) is 0 Å². The van der Waals surface area contributed by atoms with Gasteiger partial charge in [-0.15, -0.1) is 11.8 Å². The molecule has 2 heterocycles. The van der Waals surface area contributed by atoms with Gasteiger partial charge in [0.1, 0.15) is 11.4 Å². The van der Waals surface area contributed by atoms with Gasteiger partial charge in [-0.05, 0) is 12.1 Å². The molecule has 0 bridgehead atoms. The number of aryl methyl sites for hydroxylation is 1. The molecule has 0 saturated carbocycles. The number of rotatable bonds is 5. The Kier molecular flexibility index (Phi) is 5.03. The zero-order valence-electron chi connectivity index (χ0n) is 11.2. The average Bonchev–Trinajstić information content (AvgIpc) is 2.87. The van der Waals surface area contributed by atoms with Crippen LogP contribution in [0.25, 0.3) is 11.4 Å². The summed E-state index contributed by atoms with van der Waals surface area (Å²) in [6.07, 6.45) is 3.87. The second-order valence-corrected chi connectivity index (χ2v) is 5.54. The van der Waals surface area contributed by atoms with Crippen molar-refractivity contribution in [2.45, 2.75) is 11.3 Å². The highest BCUT2D eigenvalue weighted by Crippen LogP contribution is 2.33. The fourth-order valence-corrected chi connectivity index (χ4v) is 2.85. The summed E-state index contributed by atoms with van der Waals surface area (Å²) >= 11 is 7.85. The zero-order chi connectivity index (χ0) is 14.5. The summed E-state index contributed by atoms with van der Waals surface area (Å²) in [5, 5.41) is 4.85. The number of aromatic nitrogens is 3. The van der Waals surface area contributed by atoms with E-state index in [0.29, 0.717) is 22.9 Å². The Hall–Kier alpha value is -1.53. The number of nitrogens with zero attached hydrogens (tertiary/aromatic N) is 3. The van der Waals surface area contributed by atoms with Crippen molar-refractivity contribution in [3.63, 3.8) is 0 Å². The van der Waals surface area contributed by atoms with Gasteiger partial charge in [-0.1, -0.05) is 11.6 Å². The molecular formula is C13H14ClN3O2S. The summed E-state index contributed by atoms with van der Waals surface area (Å²) in [5.41, 5.74) is 1.38. The second-order valence-electron chi connectivity index (χ2n) is 4.02. The van der Waals surface area contributed by atoms with Crippen molar-refractivity contribution in [1.82, 2.24) is 14.8 Å². The van der Waals surface area contributed by atoms with Crippen LogP contribution in [-0.4, -0.2) is 33.6 Å². The first-order valence-corrected chi connectivity index (χ1v) is 7.32. The minimum Gasteiger partial charge on any atom is -0.469 e. The van der Waals surface area contributed by atoms with E-state index < -0.39 is 0 Å². The fourth-order valence-electron chi connectivity index (χ4n) is 1.60.